The number of nitrogens with one attached hydrogen (secondary N) is 1. The molecule has 3 aromatic rings. The van der Waals surface area contributed by atoms with Gasteiger partial charge in [-0.25, -0.2) is 0 Å². The van der Waals surface area contributed by atoms with Crippen molar-refractivity contribution < 1.29 is 9.53 Å². The lowest BCUT2D eigenvalue weighted by molar-refractivity contribution is -0.112. The third-order valence-electron chi connectivity index (χ3n) is 4.37. The molecule has 6 nitrogen and oxygen atoms in total. The molecule has 1 aromatic carbocycles. The first-order chi connectivity index (χ1) is 13.5. The molecule has 0 aliphatic heterocycles. The van der Waals surface area contributed by atoms with Crippen molar-refractivity contribution in [2.75, 3.05) is 12.4 Å². The molecule has 28 heavy (non-hydrogen) atoms. The van der Waals surface area contributed by atoms with Crippen molar-refractivity contribution in [3.05, 3.63) is 77.4 Å². The Balaban J connectivity index is 1.91. The predicted molar refractivity (Wildman–Crippen MR) is 108 cm³/mol. The standard InChI is InChI=1S/C22H20N4O2/c1-15-10-17(16(2)26(15)20-7-5-9-24-14-20)11-18(13-23)22(27)25-19-6-4-8-21(12-19)28-3/h4-12,14H,1-3H3,(H,25,27)/b18-11-. The molecule has 2 heterocycles. The lowest BCUT2D eigenvalue weighted by atomic mass is 10.1. The van der Waals surface area contributed by atoms with Gasteiger partial charge in [-0.1, -0.05) is 6.07 Å². The van der Waals surface area contributed by atoms with Crippen LogP contribution in [-0.4, -0.2) is 22.6 Å². The summed E-state index contributed by atoms with van der Waals surface area (Å²) < 4.78 is 7.19. The van der Waals surface area contributed by atoms with Gasteiger partial charge < -0.3 is 14.6 Å². The quantitative estimate of drug-likeness (QED) is 0.541. The summed E-state index contributed by atoms with van der Waals surface area (Å²) >= 11 is 0. The van der Waals surface area contributed by atoms with Crippen LogP contribution in [0.3, 0.4) is 0 Å². The Labute approximate surface area is 163 Å². The van der Waals surface area contributed by atoms with Gasteiger partial charge in [0.25, 0.3) is 5.91 Å². The summed E-state index contributed by atoms with van der Waals surface area (Å²) in [6.07, 6.45) is 5.09. The largest absolute Gasteiger partial charge is 0.497 e. The third-order valence-corrected chi connectivity index (χ3v) is 4.37. The van der Waals surface area contributed by atoms with E-state index in [-0.39, 0.29) is 5.57 Å². The number of pyridine rings is 1. The van der Waals surface area contributed by atoms with Gasteiger partial charge in [0.15, 0.2) is 0 Å². The minimum atomic E-state index is -0.470. The number of aryl methyl sites for hydroxylation is 1. The molecule has 0 unspecified atom stereocenters. The van der Waals surface area contributed by atoms with Gasteiger partial charge in [-0.05, 0) is 55.8 Å². The summed E-state index contributed by atoms with van der Waals surface area (Å²) in [7, 11) is 1.56. The van der Waals surface area contributed by atoms with E-state index < -0.39 is 5.91 Å². The van der Waals surface area contributed by atoms with Gasteiger partial charge in [-0.2, -0.15) is 5.26 Å². The maximum absolute atomic E-state index is 12.6. The zero-order valence-electron chi connectivity index (χ0n) is 15.9. The fraction of sp³-hybridized carbons (Fsp3) is 0.136. The van der Waals surface area contributed by atoms with Crippen molar-refractivity contribution in [2.45, 2.75) is 13.8 Å². The average molecular weight is 372 g/mol. The Morgan fingerprint density at radius 1 is 1.25 bits per heavy atom. The molecule has 0 radical (unpaired) electrons. The molecule has 6 heteroatoms. The highest BCUT2D eigenvalue weighted by molar-refractivity contribution is 6.09. The van der Waals surface area contributed by atoms with Crippen LogP contribution in [0.15, 0.2) is 60.4 Å². The smallest absolute Gasteiger partial charge is 0.266 e. The van der Waals surface area contributed by atoms with E-state index in [1.165, 1.54) is 0 Å². The SMILES string of the molecule is COc1cccc(NC(=O)/C(C#N)=C\c2cc(C)n(-c3cccnc3)c2C)c1. The van der Waals surface area contributed by atoms with Crippen molar-refractivity contribution >= 4 is 17.7 Å². The topological polar surface area (TPSA) is 79.9 Å². The fourth-order valence-electron chi connectivity index (χ4n) is 3.02. The zero-order chi connectivity index (χ0) is 20.1. The molecule has 1 amide bonds. The number of ether oxygens (including phenoxy) is 1. The molecule has 0 aliphatic carbocycles. The molecule has 2 aromatic heterocycles. The Morgan fingerprint density at radius 2 is 2.07 bits per heavy atom. The van der Waals surface area contributed by atoms with Gasteiger partial charge in [0.05, 0.1) is 19.0 Å². The number of aromatic nitrogens is 2. The van der Waals surface area contributed by atoms with Crippen LogP contribution in [0.1, 0.15) is 17.0 Å². The predicted octanol–water partition coefficient (Wildman–Crippen LogP) is 4.04. The van der Waals surface area contributed by atoms with Crippen LogP contribution in [0.5, 0.6) is 5.75 Å². The summed E-state index contributed by atoms with van der Waals surface area (Å²) in [5.74, 6) is 0.155. The van der Waals surface area contributed by atoms with Gasteiger partial charge in [0.1, 0.15) is 17.4 Å². The summed E-state index contributed by atoms with van der Waals surface area (Å²) in [5.41, 5.74) is 4.23. The Hall–Kier alpha value is -3.85. The summed E-state index contributed by atoms with van der Waals surface area (Å²) in [6.45, 7) is 3.92. The number of rotatable bonds is 5. The minimum absolute atomic E-state index is 0.0225. The van der Waals surface area contributed by atoms with Crippen LogP contribution in [0.2, 0.25) is 0 Å². The first kappa shape index (κ1) is 18.9. The highest BCUT2D eigenvalue weighted by atomic mass is 16.5. The second-order valence-corrected chi connectivity index (χ2v) is 6.23. The van der Waals surface area contributed by atoms with Crippen molar-refractivity contribution in [3.8, 4) is 17.5 Å². The molecule has 0 fully saturated rings. The molecule has 0 bridgehead atoms. The third kappa shape index (κ3) is 3.94. The zero-order valence-corrected chi connectivity index (χ0v) is 15.9. The number of amides is 1. The molecular weight excluding hydrogens is 352 g/mol. The number of carbonyl (C=O) groups excluding carboxylic acids is 1. The van der Waals surface area contributed by atoms with E-state index in [9.17, 15) is 10.1 Å². The molecule has 0 spiro atoms. The number of nitriles is 1. The average Bonchev–Trinajstić information content (AvgIpc) is 2.99. The van der Waals surface area contributed by atoms with Crippen LogP contribution in [0, 0.1) is 25.2 Å². The van der Waals surface area contributed by atoms with Crippen molar-refractivity contribution in [1.29, 1.82) is 5.26 Å². The highest BCUT2D eigenvalue weighted by Crippen LogP contribution is 2.23. The van der Waals surface area contributed by atoms with Crippen LogP contribution >= 0.6 is 0 Å². The number of anilines is 1. The Bertz CT molecular complexity index is 1080. The van der Waals surface area contributed by atoms with Crippen LogP contribution < -0.4 is 10.1 Å². The summed E-state index contributed by atoms with van der Waals surface area (Å²) in [4.78, 5) is 16.7. The van der Waals surface area contributed by atoms with E-state index in [2.05, 4.69) is 10.3 Å². The van der Waals surface area contributed by atoms with Gasteiger partial charge in [0.2, 0.25) is 0 Å². The fourth-order valence-corrected chi connectivity index (χ4v) is 3.02. The number of carbonyl (C=O) groups is 1. The van der Waals surface area contributed by atoms with Gasteiger partial charge in [-0.15, -0.1) is 0 Å². The van der Waals surface area contributed by atoms with Crippen molar-refractivity contribution in [2.24, 2.45) is 0 Å². The lowest BCUT2D eigenvalue weighted by Crippen LogP contribution is -2.13. The highest BCUT2D eigenvalue weighted by Gasteiger charge is 2.14. The molecular formula is C22H20N4O2. The molecule has 0 saturated heterocycles. The van der Waals surface area contributed by atoms with Crippen LogP contribution in [0.25, 0.3) is 11.8 Å². The van der Waals surface area contributed by atoms with E-state index in [0.29, 0.717) is 11.4 Å². The Morgan fingerprint density at radius 3 is 2.75 bits per heavy atom. The summed E-state index contributed by atoms with van der Waals surface area (Å²) in [5, 5.41) is 12.2. The van der Waals surface area contributed by atoms with Crippen molar-refractivity contribution in [3.63, 3.8) is 0 Å². The van der Waals surface area contributed by atoms with Gasteiger partial charge in [0, 0.05) is 29.3 Å². The second-order valence-electron chi connectivity index (χ2n) is 6.23. The minimum Gasteiger partial charge on any atom is -0.497 e. The maximum Gasteiger partial charge on any atom is 0.266 e. The van der Waals surface area contributed by atoms with Crippen molar-refractivity contribution in [1.82, 2.24) is 9.55 Å². The maximum atomic E-state index is 12.6. The number of hydrogen-bond donors (Lipinski definition) is 1. The molecule has 0 saturated carbocycles. The monoisotopic (exact) mass is 372 g/mol. The molecule has 1 N–H and O–H groups in total. The van der Waals surface area contributed by atoms with E-state index in [0.717, 1.165) is 22.6 Å². The number of hydrogen-bond acceptors (Lipinski definition) is 4. The molecule has 0 atom stereocenters. The first-order valence-corrected chi connectivity index (χ1v) is 8.70. The second kappa shape index (κ2) is 8.23. The number of nitrogens with zero attached hydrogens (tertiary/aromatic N) is 3. The van der Waals surface area contributed by atoms with E-state index >= 15 is 0 Å². The number of methoxy groups -OCH3 is 1. The van der Waals surface area contributed by atoms with E-state index in [4.69, 9.17) is 4.74 Å². The van der Waals surface area contributed by atoms with E-state index in [1.54, 1.807) is 49.8 Å². The van der Waals surface area contributed by atoms with Gasteiger partial charge >= 0.3 is 0 Å². The summed E-state index contributed by atoms with van der Waals surface area (Å²) in [6, 6.07) is 14.7. The van der Waals surface area contributed by atoms with Crippen LogP contribution in [0.4, 0.5) is 5.69 Å². The molecule has 140 valence electrons. The lowest BCUT2D eigenvalue weighted by Gasteiger charge is -2.09. The van der Waals surface area contributed by atoms with Crippen LogP contribution in [-0.2, 0) is 4.79 Å². The Kier molecular flexibility index (Phi) is 5.56. The first-order valence-electron chi connectivity index (χ1n) is 8.70. The normalized spacial score (nSPS) is 11.0. The molecule has 3 rings (SSSR count). The van der Waals surface area contributed by atoms with Gasteiger partial charge in [-0.3, -0.25) is 9.78 Å². The number of benzene rings is 1. The molecule has 0 aliphatic rings. The van der Waals surface area contributed by atoms with E-state index in [1.807, 2.05) is 42.7 Å².